The molecule has 0 unspecified atom stereocenters. The third kappa shape index (κ3) is 5.59. The van der Waals surface area contributed by atoms with Crippen molar-refractivity contribution in [2.24, 2.45) is 0 Å². The predicted octanol–water partition coefficient (Wildman–Crippen LogP) is 14.2. The molecule has 0 bridgehead atoms. The molecule has 0 saturated carbocycles. The van der Waals surface area contributed by atoms with Gasteiger partial charge in [-0.2, -0.15) is 10.5 Å². The van der Waals surface area contributed by atoms with E-state index in [0.717, 1.165) is 66.5 Å². The van der Waals surface area contributed by atoms with Gasteiger partial charge in [0.25, 0.3) is 0 Å². The van der Waals surface area contributed by atoms with Gasteiger partial charge in [0.15, 0.2) is 5.69 Å². The Hall–Kier alpha value is -9.02. The number of hydrogen-bond donors (Lipinski definition) is 0. The molecular weight excluding hydrogens is 757 g/mol. The standard InChI is InChI=1S/C56H32N6/c1-59-49-32-39(54-48(35-58)52(36-16-6-2-7-17-36)47(34-57)53(60-54)37-18-8-3-9-19-37)27-28-42(49)38-26-29-44-46-31-30-45-43-24-14-15-25-50(43)61(40-20-10-4-11-21-40)55(45)56(46)62(51(44)33-38)41-22-12-5-13-23-41/h2-33H. The van der Waals surface area contributed by atoms with Crippen LogP contribution in [0.1, 0.15) is 11.1 Å². The van der Waals surface area contributed by atoms with Crippen LogP contribution in [0.2, 0.25) is 0 Å². The van der Waals surface area contributed by atoms with E-state index in [1.54, 1.807) is 0 Å². The van der Waals surface area contributed by atoms with E-state index in [-0.39, 0.29) is 5.56 Å². The van der Waals surface area contributed by atoms with Gasteiger partial charge in [0.2, 0.25) is 0 Å². The number of hydrogen-bond acceptors (Lipinski definition) is 3. The zero-order valence-corrected chi connectivity index (χ0v) is 33.2. The smallest absolute Gasteiger partial charge is 0.195 e. The molecule has 11 aromatic rings. The Morgan fingerprint density at radius 3 is 1.52 bits per heavy atom. The molecule has 0 amide bonds. The van der Waals surface area contributed by atoms with Gasteiger partial charge in [-0.3, -0.25) is 0 Å². The van der Waals surface area contributed by atoms with Gasteiger partial charge in [0.05, 0.1) is 51.2 Å². The number of aromatic nitrogens is 3. The molecule has 0 fully saturated rings. The van der Waals surface area contributed by atoms with Crippen molar-refractivity contribution >= 4 is 49.3 Å². The Morgan fingerprint density at radius 1 is 0.435 bits per heavy atom. The largest absolute Gasteiger partial charge is 0.307 e. The summed E-state index contributed by atoms with van der Waals surface area (Å²) in [4.78, 5) is 9.12. The van der Waals surface area contributed by atoms with Crippen molar-refractivity contribution in [1.29, 1.82) is 10.5 Å². The van der Waals surface area contributed by atoms with Crippen molar-refractivity contribution in [3.05, 3.63) is 217 Å². The first kappa shape index (κ1) is 36.1. The summed E-state index contributed by atoms with van der Waals surface area (Å²) in [7, 11) is 0. The molecule has 0 aliphatic heterocycles. The van der Waals surface area contributed by atoms with Crippen LogP contribution in [0, 0.1) is 29.2 Å². The summed E-state index contributed by atoms with van der Waals surface area (Å²) in [6.45, 7) is 8.47. The minimum Gasteiger partial charge on any atom is -0.307 e. The number of fused-ring (bicyclic) bond motifs is 7. The van der Waals surface area contributed by atoms with Crippen LogP contribution in [-0.4, -0.2) is 14.1 Å². The minimum absolute atomic E-state index is 0.282. The lowest BCUT2D eigenvalue weighted by Gasteiger charge is -2.16. The van der Waals surface area contributed by atoms with Gasteiger partial charge in [0.1, 0.15) is 12.1 Å². The van der Waals surface area contributed by atoms with Crippen molar-refractivity contribution in [1.82, 2.24) is 14.1 Å². The van der Waals surface area contributed by atoms with Crippen LogP contribution in [0.4, 0.5) is 5.69 Å². The Bertz CT molecular complexity index is 3690. The fourth-order valence-electron chi connectivity index (χ4n) is 9.13. The van der Waals surface area contributed by atoms with Crippen LogP contribution in [0.3, 0.4) is 0 Å². The molecule has 62 heavy (non-hydrogen) atoms. The van der Waals surface area contributed by atoms with Gasteiger partial charge >= 0.3 is 0 Å². The normalized spacial score (nSPS) is 11.2. The summed E-state index contributed by atoms with van der Waals surface area (Å²) < 4.78 is 4.73. The van der Waals surface area contributed by atoms with E-state index in [9.17, 15) is 10.5 Å². The topological polar surface area (TPSA) is 74.7 Å². The fraction of sp³-hybridized carbons (Fsp3) is 0. The van der Waals surface area contributed by atoms with Crippen molar-refractivity contribution in [2.75, 3.05) is 0 Å². The van der Waals surface area contributed by atoms with Crippen molar-refractivity contribution in [3.8, 4) is 68.3 Å². The second kappa shape index (κ2) is 14.7. The number of nitrogens with zero attached hydrogens (tertiary/aromatic N) is 6. The van der Waals surface area contributed by atoms with Crippen LogP contribution < -0.4 is 0 Å². The maximum atomic E-state index is 10.8. The molecule has 0 saturated heterocycles. The predicted molar refractivity (Wildman–Crippen MR) is 250 cm³/mol. The number of benzene rings is 8. The maximum Gasteiger partial charge on any atom is 0.195 e. The van der Waals surface area contributed by atoms with E-state index in [2.05, 4.69) is 129 Å². The lowest BCUT2D eigenvalue weighted by Crippen LogP contribution is -2.02. The molecule has 6 heteroatoms. The highest BCUT2D eigenvalue weighted by molar-refractivity contribution is 6.24. The zero-order chi connectivity index (χ0) is 41.7. The summed E-state index contributed by atoms with van der Waals surface area (Å²) in [6.07, 6.45) is 0. The van der Waals surface area contributed by atoms with Gasteiger partial charge in [-0.05, 0) is 64.7 Å². The number of rotatable bonds is 6. The molecule has 0 N–H and O–H groups in total. The summed E-state index contributed by atoms with van der Waals surface area (Å²) in [5, 5.41) is 25.9. The Balaban J connectivity index is 1.15. The lowest BCUT2D eigenvalue weighted by molar-refractivity contribution is 1.15. The van der Waals surface area contributed by atoms with Crippen LogP contribution in [0.15, 0.2) is 194 Å². The number of para-hydroxylation sites is 3. The molecule has 0 radical (unpaired) electrons. The summed E-state index contributed by atoms with van der Waals surface area (Å²) in [5.41, 5.74) is 12.7. The van der Waals surface area contributed by atoms with Gasteiger partial charge < -0.3 is 9.13 Å². The SMILES string of the molecule is [C-]#[N+]c1cc(-c2nc(-c3ccccc3)c(C#N)c(-c3ccccc3)c2C#N)ccc1-c1ccc2c3ccc4c5ccccc5n(-c5ccccc5)c4c3n(-c3ccccc3)c2c1. The Morgan fingerprint density at radius 2 is 0.919 bits per heavy atom. The van der Waals surface area contributed by atoms with E-state index in [1.165, 1.54) is 10.8 Å². The molecule has 0 aliphatic carbocycles. The highest BCUT2D eigenvalue weighted by atomic mass is 15.0. The first-order valence-electron chi connectivity index (χ1n) is 20.3. The Labute approximate surface area is 357 Å². The summed E-state index contributed by atoms with van der Waals surface area (Å²) in [6, 6.07) is 70.0. The van der Waals surface area contributed by atoms with Gasteiger partial charge in [-0.15, -0.1) is 0 Å². The van der Waals surface area contributed by atoms with Crippen LogP contribution in [0.5, 0.6) is 0 Å². The zero-order valence-electron chi connectivity index (χ0n) is 33.2. The quantitative estimate of drug-likeness (QED) is 0.157. The van der Waals surface area contributed by atoms with E-state index in [4.69, 9.17) is 11.6 Å². The fourth-order valence-corrected chi connectivity index (χ4v) is 9.13. The van der Waals surface area contributed by atoms with Crippen LogP contribution in [-0.2, 0) is 0 Å². The number of nitriles is 2. The van der Waals surface area contributed by atoms with Crippen LogP contribution >= 0.6 is 0 Å². The highest BCUT2D eigenvalue weighted by Gasteiger charge is 2.25. The Kier molecular flexibility index (Phi) is 8.54. The van der Waals surface area contributed by atoms with Crippen molar-refractivity contribution in [2.45, 2.75) is 0 Å². The molecule has 286 valence electrons. The molecule has 0 aliphatic rings. The first-order chi connectivity index (χ1) is 30.7. The molecule has 8 aromatic carbocycles. The van der Waals surface area contributed by atoms with Crippen molar-refractivity contribution < 1.29 is 0 Å². The van der Waals surface area contributed by atoms with E-state index < -0.39 is 0 Å². The third-order valence-electron chi connectivity index (χ3n) is 11.8. The van der Waals surface area contributed by atoms with Crippen LogP contribution in [0.25, 0.3) is 105 Å². The third-order valence-corrected chi connectivity index (χ3v) is 11.8. The highest BCUT2D eigenvalue weighted by Crippen LogP contribution is 2.45. The van der Waals surface area contributed by atoms with Crippen molar-refractivity contribution in [3.63, 3.8) is 0 Å². The van der Waals surface area contributed by atoms with Gasteiger partial charge in [-0.1, -0.05) is 152 Å². The molecule has 0 spiro atoms. The van der Waals surface area contributed by atoms with E-state index in [1.807, 2.05) is 91.0 Å². The second-order valence-corrected chi connectivity index (χ2v) is 15.2. The molecular formula is C56H32N6. The monoisotopic (exact) mass is 788 g/mol. The maximum absolute atomic E-state index is 10.8. The van der Waals surface area contributed by atoms with E-state index >= 15 is 0 Å². The minimum atomic E-state index is 0.282. The van der Waals surface area contributed by atoms with Gasteiger partial charge in [0, 0.05) is 44.0 Å². The van der Waals surface area contributed by atoms with E-state index in [0.29, 0.717) is 33.8 Å². The second-order valence-electron chi connectivity index (χ2n) is 15.2. The molecule has 6 nitrogen and oxygen atoms in total. The number of pyridine rings is 1. The summed E-state index contributed by atoms with van der Waals surface area (Å²) >= 11 is 0. The average Bonchev–Trinajstić information content (AvgIpc) is 3.87. The molecule has 11 rings (SSSR count). The first-order valence-corrected chi connectivity index (χ1v) is 20.3. The lowest BCUT2D eigenvalue weighted by atomic mass is 9.89. The van der Waals surface area contributed by atoms with Gasteiger partial charge in [-0.25, -0.2) is 9.83 Å². The molecule has 0 atom stereocenters. The summed E-state index contributed by atoms with van der Waals surface area (Å²) in [5.74, 6) is 0. The molecule has 3 heterocycles. The average molecular weight is 789 g/mol. The molecule has 3 aromatic heterocycles.